The van der Waals surface area contributed by atoms with E-state index in [2.05, 4.69) is 70.5 Å². The monoisotopic (exact) mass is 477 g/mol. The van der Waals surface area contributed by atoms with E-state index in [4.69, 9.17) is 9.72 Å². The highest BCUT2D eigenvalue weighted by atomic mass is 16.5. The second-order valence-corrected chi connectivity index (χ2v) is 9.08. The first-order valence-corrected chi connectivity index (χ1v) is 12.6. The number of benzene rings is 4. The first-order chi connectivity index (χ1) is 17.7. The van der Waals surface area contributed by atoms with Gasteiger partial charge in [-0.3, -0.25) is 4.79 Å². The van der Waals surface area contributed by atoms with Gasteiger partial charge in [0.1, 0.15) is 11.6 Å². The predicted octanol–water partition coefficient (Wildman–Crippen LogP) is 6.39. The molecule has 1 N–H and O–H groups in total. The summed E-state index contributed by atoms with van der Waals surface area (Å²) >= 11 is 0. The predicted molar refractivity (Wildman–Crippen MR) is 146 cm³/mol. The molecule has 0 aliphatic heterocycles. The summed E-state index contributed by atoms with van der Waals surface area (Å²) < 4.78 is 7.50. The summed E-state index contributed by atoms with van der Waals surface area (Å²) in [7, 11) is 1.62. The Bertz CT molecular complexity index is 1470. The number of carbonyl (C=O) groups excluding carboxylic acids is 1. The lowest BCUT2D eigenvalue weighted by atomic mass is 10.1. The SMILES string of the molecule is COc1ccc(C(=O)NCCCCCc2nc3ccccc3n2Cc2ccc3ccccc3c2)cc1. The summed E-state index contributed by atoms with van der Waals surface area (Å²) in [5, 5.41) is 5.54. The zero-order valence-corrected chi connectivity index (χ0v) is 20.6. The fourth-order valence-corrected chi connectivity index (χ4v) is 4.64. The molecule has 0 spiro atoms. The van der Waals surface area contributed by atoms with Crippen LogP contribution in [0.5, 0.6) is 5.75 Å². The quantitative estimate of drug-likeness (QED) is 0.237. The molecule has 0 bridgehead atoms. The summed E-state index contributed by atoms with van der Waals surface area (Å²) in [6.07, 6.45) is 3.91. The van der Waals surface area contributed by atoms with Gasteiger partial charge >= 0.3 is 0 Å². The van der Waals surface area contributed by atoms with Crippen molar-refractivity contribution in [2.75, 3.05) is 13.7 Å². The Morgan fingerprint density at radius 3 is 2.47 bits per heavy atom. The van der Waals surface area contributed by atoms with Gasteiger partial charge in [-0.2, -0.15) is 0 Å². The number of para-hydroxylation sites is 2. The van der Waals surface area contributed by atoms with Crippen molar-refractivity contribution in [3.05, 3.63) is 108 Å². The Morgan fingerprint density at radius 1 is 0.861 bits per heavy atom. The van der Waals surface area contributed by atoms with Crippen molar-refractivity contribution in [1.29, 1.82) is 0 Å². The van der Waals surface area contributed by atoms with Crippen LogP contribution in [0.2, 0.25) is 0 Å². The van der Waals surface area contributed by atoms with Gasteiger partial charge in [0.15, 0.2) is 0 Å². The van der Waals surface area contributed by atoms with Gasteiger partial charge in [-0.25, -0.2) is 4.98 Å². The van der Waals surface area contributed by atoms with E-state index >= 15 is 0 Å². The molecule has 5 aromatic rings. The highest BCUT2D eigenvalue weighted by Crippen LogP contribution is 2.22. The largest absolute Gasteiger partial charge is 0.497 e. The second-order valence-electron chi connectivity index (χ2n) is 9.08. The van der Waals surface area contributed by atoms with E-state index in [9.17, 15) is 4.79 Å². The molecule has 1 heterocycles. The minimum absolute atomic E-state index is 0.0465. The fraction of sp³-hybridized carbons (Fsp3) is 0.226. The van der Waals surface area contributed by atoms with Crippen LogP contribution in [-0.4, -0.2) is 29.1 Å². The Balaban J connectivity index is 1.18. The molecule has 5 heteroatoms. The number of ether oxygens (including phenoxy) is 1. The van der Waals surface area contributed by atoms with E-state index in [1.165, 1.54) is 21.9 Å². The van der Waals surface area contributed by atoms with Crippen LogP contribution in [0.4, 0.5) is 0 Å². The zero-order chi connectivity index (χ0) is 24.7. The van der Waals surface area contributed by atoms with Crippen LogP contribution in [0.1, 0.15) is 41.0 Å². The third-order valence-corrected chi connectivity index (χ3v) is 6.60. The summed E-state index contributed by atoms with van der Waals surface area (Å²) in [6, 6.07) is 30.7. The number of imidazole rings is 1. The lowest BCUT2D eigenvalue weighted by Crippen LogP contribution is -2.24. The van der Waals surface area contributed by atoms with Crippen LogP contribution in [0.3, 0.4) is 0 Å². The summed E-state index contributed by atoms with van der Waals surface area (Å²) in [5.74, 6) is 1.82. The zero-order valence-electron chi connectivity index (χ0n) is 20.6. The Hall–Kier alpha value is -4.12. The molecule has 0 atom stereocenters. The third-order valence-electron chi connectivity index (χ3n) is 6.60. The van der Waals surface area contributed by atoms with E-state index in [1.54, 1.807) is 31.4 Å². The molecule has 0 aliphatic carbocycles. The van der Waals surface area contributed by atoms with Gasteiger partial charge in [-0.05, 0) is 71.6 Å². The number of rotatable bonds is 10. The average Bonchev–Trinajstić information content (AvgIpc) is 3.27. The van der Waals surface area contributed by atoms with Gasteiger partial charge in [-0.1, -0.05) is 55.0 Å². The van der Waals surface area contributed by atoms with Crippen molar-refractivity contribution in [3.63, 3.8) is 0 Å². The van der Waals surface area contributed by atoms with Gasteiger partial charge in [0, 0.05) is 25.1 Å². The van der Waals surface area contributed by atoms with Crippen LogP contribution in [0, 0.1) is 0 Å². The van der Waals surface area contributed by atoms with Crippen molar-refractivity contribution < 1.29 is 9.53 Å². The van der Waals surface area contributed by atoms with Crippen molar-refractivity contribution in [2.45, 2.75) is 32.2 Å². The fourth-order valence-electron chi connectivity index (χ4n) is 4.64. The number of unbranched alkanes of at least 4 members (excludes halogenated alkanes) is 2. The molecule has 0 saturated carbocycles. The molecular weight excluding hydrogens is 446 g/mol. The van der Waals surface area contributed by atoms with Gasteiger partial charge in [-0.15, -0.1) is 0 Å². The number of hydrogen-bond acceptors (Lipinski definition) is 3. The number of methoxy groups -OCH3 is 1. The topological polar surface area (TPSA) is 56.1 Å². The lowest BCUT2D eigenvalue weighted by Gasteiger charge is -2.11. The van der Waals surface area contributed by atoms with Gasteiger partial charge < -0.3 is 14.6 Å². The van der Waals surface area contributed by atoms with Crippen molar-refractivity contribution in [1.82, 2.24) is 14.9 Å². The molecule has 0 aliphatic rings. The second kappa shape index (κ2) is 11.1. The minimum Gasteiger partial charge on any atom is -0.497 e. The number of aromatic nitrogens is 2. The number of nitrogens with one attached hydrogen (secondary N) is 1. The van der Waals surface area contributed by atoms with Gasteiger partial charge in [0.2, 0.25) is 0 Å². The van der Waals surface area contributed by atoms with E-state index in [-0.39, 0.29) is 5.91 Å². The maximum atomic E-state index is 12.3. The van der Waals surface area contributed by atoms with Crippen LogP contribution < -0.4 is 10.1 Å². The minimum atomic E-state index is -0.0465. The van der Waals surface area contributed by atoms with Crippen molar-refractivity contribution >= 4 is 27.7 Å². The molecule has 1 amide bonds. The number of nitrogens with zero attached hydrogens (tertiary/aromatic N) is 2. The molecule has 1 aromatic heterocycles. The summed E-state index contributed by atoms with van der Waals surface area (Å²) in [6.45, 7) is 1.47. The maximum absolute atomic E-state index is 12.3. The molecule has 0 saturated heterocycles. The molecule has 0 fully saturated rings. The average molecular weight is 478 g/mol. The number of hydrogen-bond donors (Lipinski definition) is 1. The molecule has 4 aromatic carbocycles. The normalized spacial score (nSPS) is 11.1. The number of aryl methyl sites for hydroxylation is 1. The molecule has 0 radical (unpaired) electrons. The Labute approximate surface area is 211 Å². The van der Waals surface area contributed by atoms with E-state index in [0.717, 1.165) is 49.3 Å². The summed E-state index contributed by atoms with van der Waals surface area (Å²) in [5.41, 5.74) is 4.14. The van der Waals surface area contributed by atoms with Crippen molar-refractivity contribution in [2.24, 2.45) is 0 Å². The number of carbonyl (C=O) groups is 1. The summed E-state index contributed by atoms with van der Waals surface area (Å²) in [4.78, 5) is 17.3. The van der Waals surface area contributed by atoms with Crippen molar-refractivity contribution in [3.8, 4) is 5.75 Å². The molecular formula is C31H31N3O2. The van der Waals surface area contributed by atoms with Crippen LogP contribution in [0.15, 0.2) is 91.0 Å². The molecule has 36 heavy (non-hydrogen) atoms. The van der Waals surface area contributed by atoms with Gasteiger partial charge in [0.25, 0.3) is 5.91 Å². The highest BCUT2D eigenvalue weighted by Gasteiger charge is 2.11. The van der Waals surface area contributed by atoms with E-state index < -0.39 is 0 Å². The Kier molecular flexibility index (Phi) is 7.27. The lowest BCUT2D eigenvalue weighted by molar-refractivity contribution is 0.0953. The molecule has 5 nitrogen and oxygen atoms in total. The first-order valence-electron chi connectivity index (χ1n) is 12.6. The van der Waals surface area contributed by atoms with E-state index in [0.29, 0.717) is 12.1 Å². The Morgan fingerprint density at radius 2 is 1.64 bits per heavy atom. The molecule has 0 unspecified atom stereocenters. The van der Waals surface area contributed by atoms with Gasteiger partial charge in [0.05, 0.1) is 18.1 Å². The number of fused-ring (bicyclic) bond motifs is 2. The van der Waals surface area contributed by atoms with Crippen LogP contribution in [0.25, 0.3) is 21.8 Å². The third kappa shape index (κ3) is 5.41. The number of amides is 1. The van der Waals surface area contributed by atoms with Crippen LogP contribution in [-0.2, 0) is 13.0 Å². The molecule has 182 valence electrons. The van der Waals surface area contributed by atoms with E-state index in [1.807, 2.05) is 6.07 Å². The molecule has 5 rings (SSSR count). The smallest absolute Gasteiger partial charge is 0.251 e. The first kappa shape index (κ1) is 23.6. The standard InChI is InChI=1S/C31H31N3O2/c1-36-27-18-16-25(17-19-27)31(35)32-20-8-2-3-13-30-33-28-11-6-7-12-29(28)34(30)22-23-14-15-24-9-4-5-10-26(24)21-23/h4-7,9-12,14-19,21H,2-3,8,13,20,22H2,1H3,(H,32,35). The highest BCUT2D eigenvalue weighted by molar-refractivity contribution is 5.94. The maximum Gasteiger partial charge on any atom is 0.251 e. The van der Waals surface area contributed by atoms with Crippen LogP contribution >= 0.6 is 0 Å².